The molecule has 3 heterocycles. The quantitative estimate of drug-likeness (QED) is 0.923. The summed E-state index contributed by atoms with van der Waals surface area (Å²) in [7, 11) is 0. The van der Waals surface area contributed by atoms with Gasteiger partial charge in [0.05, 0.1) is 6.04 Å². The zero-order valence-corrected chi connectivity index (χ0v) is 13.0. The van der Waals surface area contributed by atoms with Crippen LogP contribution >= 0.6 is 11.3 Å². The summed E-state index contributed by atoms with van der Waals surface area (Å²) < 4.78 is 0. The molecule has 3 unspecified atom stereocenters. The molecule has 0 saturated carbocycles. The lowest BCUT2D eigenvalue weighted by atomic mass is 10.2. The molecule has 0 radical (unpaired) electrons. The number of amides is 1. The Hall–Kier alpha value is -0.910. The van der Waals surface area contributed by atoms with Gasteiger partial charge in [-0.1, -0.05) is 13.0 Å². The minimum absolute atomic E-state index is 0.0665. The van der Waals surface area contributed by atoms with Crippen LogP contribution in [0.4, 0.5) is 0 Å². The Bertz CT molecular complexity index is 462. The number of carbonyl (C=O) groups is 1. The van der Waals surface area contributed by atoms with E-state index in [2.05, 4.69) is 39.6 Å². The van der Waals surface area contributed by atoms with Crippen molar-refractivity contribution in [3.8, 4) is 0 Å². The molecule has 2 fully saturated rings. The van der Waals surface area contributed by atoms with Crippen molar-refractivity contribution in [2.24, 2.45) is 0 Å². The summed E-state index contributed by atoms with van der Waals surface area (Å²) in [4.78, 5) is 18.2. The van der Waals surface area contributed by atoms with Gasteiger partial charge < -0.3 is 4.90 Å². The molecular formula is C15H23N3OS. The van der Waals surface area contributed by atoms with Gasteiger partial charge in [-0.15, -0.1) is 11.3 Å². The van der Waals surface area contributed by atoms with E-state index < -0.39 is 0 Å². The largest absolute Gasteiger partial charge is 0.319 e. The van der Waals surface area contributed by atoms with E-state index in [-0.39, 0.29) is 18.1 Å². The second-order valence-electron chi connectivity index (χ2n) is 5.72. The lowest BCUT2D eigenvalue weighted by Crippen LogP contribution is -2.42. The SMILES string of the molecule is CCN1CCCC1CN1C(=O)C(C)NC1c1cccs1. The zero-order chi connectivity index (χ0) is 14.1. The van der Waals surface area contributed by atoms with Gasteiger partial charge in [-0.25, -0.2) is 0 Å². The Balaban J connectivity index is 1.76. The first-order valence-electron chi connectivity index (χ1n) is 7.54. The van der Waals surface area contributed by atoms with Gasteiger partial charge >= 0.3 is 0 Å². The maximum Gasteiger partial charge on any atom is 0.241 e. The van der Waals surface area contributed by atoms with E-state index in [4.69, 9.17) is 0 Å². The topological polar surface area (TPSA) is 35.6 Å². The van der Waals surface area contributed by atoms with Crippen LogP contribution < -0.4 is 5.32 Å². The van der Waals surface area contributed by atoms with Crippen molar-refractivity contribution >= 4 is 17.2 Å². The van der Waals surface area contributed by atoms with Crippen LogP contribution in [-0.2, 0) is 4.79 Å². The smallest absolute Gasteiger partial charge is 0.241 e. The van der Waals surface area contributed by atoms with Crippen LogP contribution in [0.25, 0.3) is 0 Å². The highest BCUT2D eigenvalue weighted by atomic mass is 32.1. The zero-order valence-electron chi connectivity index (χ0n) is 12.2. The first-order chi connectivity index (χ1) is 9.70. The Labute approximate surface area is 124 Å². The molecule has 2 aliphatic heterocycles. The van der Waals surface area contributed by atoms with Crippen LogP contribution in [0.5, 0.6) is 0 Å². The van der Waals surface area contributed by atoms with Crippen LogP contribution in [0.15, 0.2) is 17.5 Å². The Kier molecular flexibility index (Phi) is 4.10. The highest BCUT2D eigenvalue weighted by Crippen LogP contribution is 2.30. The highest BCUT2D eigenvalue weighted by molar-refractivity contribution is 7.10. The molecule has 0 bridgehead atoms. The number of hydrogen-bond acceptors (Lipinski definition) is 4. The van der Waals surface area contributed by atoms with Crippen LogP contribution in [0, 0.1) is 0 Å². The van der Waals surface area contributed by atoms with E-state index in [1.54, 1.807) is 11.3 Å². The van der Waals surface area contributed by atoms with Crippen LogP contribution in [-0.4, -0.2) is 47.4 Å². The summed E-state index contributed by atoms with van der Waals surface area (Å²) >= 11 is 1.72. The predicted molar refractivity (Wildman–Crippen MR) is 81.6 cm³/mol. The van der Waals surface area contributed by atoms with Crippen LogP contribution in [0.2, 0.25) is 0 Å². The lowest BCUT2D eigenvalue weighted by Gasteiger charge is -2.30. The number of nitrogens with one attached hydrogen (secondary N) is 1. The molecule has 1 amide bonds. The third kappa shape index (κ3) is 2.50. The van der Waals surface area contributed by atoms with Gasteiger partial charge in [0.15, 0.2) is 0 Å². The molecule has 1 N–H and O–H groups in total. The molecule has 1 aromatic rings. The molecular weight excluding hydrogens is 270 g/mol. The minimum atomic E-state index is -0.0708. The Morgan fingerprint density at radius 3 is 3.05 bits per heavy atom. The van der Waals surface area contributed by atoms with Gasteiger partial charge in [0.1, 0.15) is 6.17 Å². The first-order valence-corrected chi connectivity index (χ1v) is 8.42. The van der Waals surface area contributed by atoms with E-state index in [9.17, 15) is 4.79 Å². The van der Waals surface area contributed by atoms with E-state index in [0.29, 0.717) is 6.04 Å². The highest BCUT2D eigenvalue weighted by Gasteiger charge is 2.39. The molecule has 110 valence electrons. The third-order valence-electron chi connectivity index (χ3n) is 4.50. The Morgan fingerprint density at radius 2 is 2.35 bits per heavy atom. The summed E-state index contributed by atoms with van der Waals surface area (Å²) in [6.45, 7) is 7.29. The van der Waals surface area contributed by atoms with Gasteiger partial charge in [0, 0.05) is 17.5 Å². The van der Waals surface area contributed by atoms with E-state index in [1.165, 1.54) is 24.3 Å². The van der Waals surface area contributed by atoms with Gasteiger partial charge in [0.2, 0.25) is 5.91 Å². The van der Waals surface area contributed by atoms with Crippen molar-refractivity contribution < 1.29 is 4.79 Å². The standard InChI is InChI=1S/C15H23N3OS/c1-3-17-8-4-6-12(17)10-18-14(13-7-5-9-20-13)16-11(2)15(18)19/h5,7,9,11-12,14,16H,3-4,6,8,10H2,1-2H3. The number of nitrogens with zero attached hydrogens (tertiary/aromatic N) is 2. The molecule has 2 saturated heterocycles. The number of hydrogen-bond donors (Lipinski definition) is 1. The molecule has 4 nitrogen and oxygen atoms in total. The van der Waals surface area contributed by atoms with E-state index in [1.807, 2.05) is 6.92 Å². The predicted octanol–water partition coefficient (Wildman–Crippen LogP) is 2.05. The molecule has 2 aliphatic rings. The number of rotatable bonds is 4. The number of likely N-dealkylation sites (tertiary alicyclic amines) is 1. The van der Waals surface area contributed by atoms with Gasteiger partial charge in [-0.3, -0.25) is 15.0 Å². The summed E-state index contributed by atoms with van der Waals surface area (Å²) in [5.74, 6) is 0.242. The van der Waals surface area contributed by atoms with Crippen LogP contribution in [0.1, 0.15) is 37.7 Å². The molecule has 20 heavy (non-hydrogen) atoms. The van der Waals surface area contributed by atoms with E-state index >= 15 is 0 Å². The molecule has 0 aliphatic carbocycles. The fraction of sp³-hybridized carbons (Fsp3) is 0.667. The average Bonchev–Trinajstić information content (AvgIpc) is 3.15. The van der Waals surface area contributed by atoms with Crippen molar-refractivity contribution in [1.29, 1.82) is 0 Å². The molecule has 3 atom stereocenters. The summed E-state index contributed by atoms with van der Waals surface area (Å²) in [6, 6.07) is 4.63. The summed E-state index contributed by atoms with van der Waals surface area (Å²) in [5, 5.41) is 5.51. The summed E-state index contributed by atoms with van der Waals surface area (Å²) in [6.07, 6.45) is 2.54. The average molecular weight is 293 g/mol. The molecule has 0 aromatic carbocycles. The maximum absolute atomic E-state index is 12.4. The first kappa shape index (κ1) is 14.0. The fourth-order valence-electron chi connectivity index (χ4n) is 3.40. The lowest BCUT2D eigenvalue weighted by molar-refractivity contribution is -0.130. The monoisotopic (exact) mass is 293 g/mol. The molecule has 1 aromatic heterocycles. The Morgan fingerprint density at radius 1 is 1.50 bits per heavy atom. The fourth-order valence-corrected chi connectivity index (χ4v) is 4.19. The van der Waals surface area contributed by atoms with Crippen molar-refractivity contribution in [3.63, 3.8) is 0 Å². The van der Waals surface area contributed by atoms with E-state index in [0.717, 1.165) is 13.1 Å². The number of carbonyl (C=O) groups excluding carboxylic acids is 1. The molecule has 5 heteroatoms. The van der Waals surface area contributed by atoms with Gasteiger partial charge in [0.25, 0.3) is 0 Å². The number of likely N-dealkylation sites (N-methyl/N-ethyl adjacent to an activating group) is 1. The van der Waals surface area contributed by atoms with Gasteiger partial charge in [-0.05, 0) is 44.3 Å². The van der Waals surface area contributed by atoms with Crippen molar-refractivity contribution in [2.75, 3.05) is 19.6 Å². The molecule has 0 spiro atoms. The van der Waals surface area contributed by atoms with Crippen molar-refractivity contribution in [1.82, 2.24) is 15.1 Å². The maximum atomic E-state index is 12.4. The second-order valence-corrected chi connectivity index (χ2v) is 6.70. The normalized spacial score (nSPS) is 31.4. The molecule has 3 rings (SSSR count). The van der Waals surface area contributed by atoms with Gasteiger partial charge in [-0.2, -0.15) is 0 Å². The summed E-state index contributed by atoms with van der Waals surface area (Å²) in [5.41, 5.74) is 0. The van der Waals surface area contributed by atoms with Crippen molar-refractivity contribution in [2.45, 2.75) is 44.9 Å². The van der Waals surface area contributed by atoms with Crippen LogP contribution in [0.3, 0.4) is 0 Å². The third-order valence-corrected chi connectivity index (χ3v) is 5.42. The minimum Gasteiger partial charge on any atom is -0.319 e. The van der Waals surface area contributed by atoms with Crippen molar-refractivity contribution in [3.05, 3.63) is 22.4 Å². The second kappa shape index (κ2) is 5.84. The number of thiophene rings is 1.